The Kier molecular flexibility index (Phi) is 9.31. The smallest absolute Gasteiger partial charge is 0.0558 e. The maximum Gasteiger partial charge on any atom is 0.0558 e. The summed E-state index contributed by atoms with van der Waals surface area (Å²) < 4.78 is 0. The van der Waals surface area contributed by atoms with Crippen LogP contribution in [-0.4, -0.2) is 42.8 Å². The van der Waals surface area contributed by atoms with E-state index >= 15 is 0 Å². The molecule has 3 heteroatoms. The molecule has 1 aromatic carbocycles. The summed E-state index contributed by atoms with van der Waals surface area (Å²) in [4.78, 5) is 2.36. The van der Waals surface area contributed by atoms with E-state index in [0.717, 1.165) is 45.4 Å². The summed E-state index contributed by atoms with van der Waals surface area (Å²) in [7, 11) is 0. The normalized spacial score (nSPS) is 12.8. The number of rotatable bonds is 11. The molecule has 0 fully saturated rings. The minimum Gasteiger partial charge on any atom is -0.395 e. The topological polar surface area (TPSA) is 35.5 Å². The molecule has 1 rings (SSSR count). The summed E-state index contributed by atoms with van der Waals surface area (Å²) >= 11 is 0. The van der Waals surface area contributed by atoms with Gasteiger partial charge in [-0.2, -0.15) is 0 Å². The molecule has 0 spiro atoms. The molecule has 0 saturated carbocycles. The summed E-state index contributed by atoms with van der Waals surface area (Å²) in [5.74, 6) is 0. The van der Waals surface area contributed by atoms with Crippen molar-refractivity contribution in [3.63, 3.8) is 0 Å². The third-order valence-corrected chi connectivity index (χ3v) is 3.81. The third-order valence-electron chi connectivity index (χ3n) is 3.81. The van der Waals surface area contributed by atoms with E-state index in [1.807, 2.05) is 0 Å². The fraction of sp³-hybridized carbons (Fsp3) is 0.667. The minimum atomic E-state index is 0.248. The molecular formula is C18H32N2O. The molecule has 120 valence electrons. The highest BCUT2D eigenvalue weighted by Crippen LogP contribution is 2.18. The Balaban J connectivity index is 2.62. The van der Waals surface area contributed by atoms with Crippen molar-refractivity contribution >= 4 is 0 Å². The first-order chi connectivity index (χ1) is 10.2. The zero-order valence-corrected chi connectivity index (χ0v) is 13.9. The summed E-state index contributed by atoms with van der Waals surface area (Å²) in [6.45, 7) is 10.7. The lowest BCUT2D eigenvalue weighted by Gasteiger charge is -2.25. The van der Waals surface area contributed by atoms with E-state index in [-0.39, 0.29) is 6.61 Å². The zero-order valence-electron chi connectivity index (χ0n) is 13.9. The van der Waals surface area contributed by atoms with Gasteiger partial charge in [0.25, 0.3) is 0 Å². The Morgan fingerprint density at radius 3 is 2.33 bits per heavy atom. The monoisotopic (exact) mass is 292 g/mol. The molecule has 0 heterocycles. The van der Waals surface area contributed by atoms with Gasteiger partial charge in [-0.25, -0.2) is 0 Å². The molecule has 0 amide bonds. The van der Waals surface area contributed by atoms with Gasteiger partial charge in [0.15, 0.2) is 0 Å². The quantitative estimate of drug-likeness (QED) is 0.658. The van der Waals surface area contributed by atoms with Gasteiger partial charge < -0.3 is 15.3 Å². The number of nitrogens with zero attached hydrogens (tertiary/aromatic N) is 1. The van der Waals surface area contributed by atoms with E-state index in [9.17, 15) is 0 Å². The van der Waals surface area contributed by atoms with Gasteiger partial charge >= 0.3 is 0 Å². The predicted molar refractivity (Wildman–Crippen MR) is 90.6 cm³/mol. The standard InChI is InChI=1S/C18H32N2O/c1-4-11-19-18(17-8-6-16(3)7-9-17)10-13-20(12-5-2)14-15-21/h6-9,18-19,21H,4-5,10-15H2,1-3H3. The molecule has 0 aliphatic heterocycles. The van der Waals surface area contributed by atoms with Crippen molar-refractivity contribution in [1.29, 1.82) is 0 Å². The molecule has 0 bridgehead atoms. The number of hydrogen-bond donors (Lipinski definition) is 2. The van der Waals surface area contributed by atoms with Crippen LogP contribution in [0.3, 0.4) is 0 Å². The highest BCUT2D eigenvalue weighted by Gasteiger charge is 2.12. The molecule has 0 radical (unpaired) electrons. The molecular weight excluding hydrogens is 260 g/mol. The van der Waals surface area contributed by atoms with Crippen molar-refractivity contribution in [3.8, 4) is 0 Å². The fourth-order valence-electron chi connectivity index (χ4n) is 2.61. The number of aliphatic hydroxyl groups excluding tert-OH is 1. The molecule has 1 aromatic rings. The molecule has 3 nitrogen and oxygen atoms in total. The number of nitrogens with one attached hydrogen (secondary N) is 1. The van der Waals surface area contributed by atoms with Crippen LogP contribution in [0.1, 0.15) is 50.3 Å². The van der Waals surface area contributed by atoms with Crippen LogP contribution in [0, 0.1) is 6.92 Å². The van der Waals surface area contributed by atoms with Crippen molar-refractivity contribution < 1.29 is 5.11 Å². The van der Waals surface area contributed by atoms with Crippen LogP contribution in [0.4, 0.5) is 0 Å². The van der Waals surface area contributed by atoms with Crippen LogP contribution in [0.2, 0.25) is 0 Å². The van der Waals surface area contributed by atoms with Crippen LogP contribution in [0.25, 0.3) is 0 Å². The van der Waals surface area contributed by atoms with Gasteiger partial charge in [0.2, 0.25) is 0 Å². The average molecular weight is 292 g/mol. The van der Waals surface area contributed by atoms with E-state index in [1.165, 1.54) is 11.1 Å². The highest BCUT2D eigenvalue weighted by atomic mass is 16.3. The fourth-order valence-corrected chi connectivity index (χ4v) is 2.61. The van der Waals surface area contributed by atoms with E-state index in [0.29, 0.717) is 6.04 Å². The largest absolute Gasteiger partial charge is 0.395 e. The number of aliphatic hydroxyl groups is 1. The van der Waals surface area contributed by atoms with Crippen LogP contribution in [0.5, 0.6) is 0 Å². The van der Waals surface area contributed by atoms with E-state index in [2.05, 4.69) is 55.3 Å². The Morgan fingerprint density at radius 2 is 1.76 bits per heavy atom. The van der Waals surface area contributed by atoms with Crippen LogP contribution in [0.15, 0.2) is 24.3 Å². The van der Waals surface area contributed by atoms with Gasteiger partial charge in [0.1, 0.15) is 0 Å². The Bertz CT molecular complexity index is 358. The second kappa shape index (κ2) is 10.8. The molecule has 0 aliphatic rings. The average Bonchev–Trinajstić information content (AvgIpc) is 2.49. The van der Waals surface area contributed by atoms with Gasteiger partial charge in [0, 0.05) is 19.1 Å². The molecule has 0 aliphatic carbocycles. The maximum absolute atomic E-state index is 9.16. The number of aryl methyl sites for hydroxylation is 1. The van der Waals surface area contributed by atoms with Crippen molar-refractivity contribution in [1.82, 2.24) is 10.2 Å². The minimum absolute atomic E-state index is 0.248. The van der Waals surface area contributed by atoms with Crippen LogP contribution < -0.4 is 5.32 Å². The third kappa shape index (κ3) is 7.07. The lowest BCUT2D eigenvalue weighted by Crippen LogP contribution is -2.32. The van der Waals surface area contributed by atoms with Crippen molar-refractivity contribution in [2.24, 2.45) is 0 Å². The van der Waals surface area contributed by atoms with Gasteiger partial charge in [-0.1, -0.05) is 43.7 Å². The molecule has 1 unspecified atom stereocenters. The second-order valence-corrected chi connectivity index (χ2v) is 5.77. The Morgan fingerprint density at radius 1 is 1.05 bits per heavy atom. The molecule has 0 saturated heterocycles. The summed E-state index contributed by atoms with van der Waals surface area (Å²) in [6.07, 6.45) is 3.37. The summed E-state index contributed by atoms with van der Waals surface area (Å²) in [5, 5.41) is 12.8. The lowest BCUT2D eigenvalue weighted by atomic mass is 10.0. The first kappa shape index (κ1) is 18.1. The van der Waals surface area contributed by atoms with E-state index < -0.39 is 0 Å². The Labute approximate surface area is 130 Å². The van der Waals surface area contributed by atoms with Crippen molar-refractivity contribution in [2.45, 2.75) is 46.1 Å². The lowest BCUT2D eigenvalue weighted by molar-refractivity contribution is 0.189. The van der Waals surface area contributed by atoms with Crippen LogP contribution >= 0.6 is 0 Å². The maximum atomic E-state index is 9.16. The predicted octanol–water partition coefficient (Wildman–Crippen LogP) is 3.13. The molecule has 21 heavy (non-hydrogen) atoms. The van der Waals surface area contributed by atoms with Crippen molar-refractivity contribution in [2.75, 3.05) is 32.8 Å². The van der Waals surface area contributed by atoms with E-state index in [1.54, 1.807) is 0 Å². The molecule has 0 aromatic heterocycles. The number of hydrogen-bond acceptors (Lipinski definition) is 3. The van der Waals surface area contributed by atoms with Crippen LogP contribution in [-0.2, 0) is 0 Å². The van der Waals surface area contributed by atoms with Gasteiger partial charge in [-0.3, -0.25) is 0 Å². The second-order valence-electron chi connectivity index (χ2n) is 5.77. The Hall–Kier alpha value is -0.900. The molecule has 2 N–H and O–H groups in total. The SMILES string of the molecule is CCCNC(CCN(CCC)CCO)c1ccc(C)cc1. The first-order valence-corrected chi connectivity index (χ1v) is 8.34. The van der Waals surface area contributed by atoms with Crippen molar-refractivity contribution in [3.05, 3.63) is 35.4 Å². The van der Waals surface area contributed by atoms with Gasteiger partial charge in [-0.15, -0.1) is 0 Å². The van der Waals surface area contributed by atoms with Gasteiger partial charge in [-0.05, 0) is 44.8 Å². The molecule has 1 atom stereocenters. The summed E-state index contributed by atoms with van der Waals surface area (Å²) in [5.41, 5.74) is 2.68. The number of benzene rings is 1. The first-order valence-electron chi connectivity index (χ1n) is 8.34. The highest BCUT2D eigenvalue weighted by molar-refractivity contribution is 5.24. The van der Waals surface area contributed by atoms with E-state index in [4.69, 9.17) is 5.11 Å². The summed E-state index contributed by atoms with van der Waals surface area (Å²) in [6, 6.07) is 9.25. The zero-order chi connectivity index (χ0) is 15.5. The van der Waals surface area contributed by atoms with Gasteiger partial charge in [0.05, 0.1) is 6.61 Å².